The zero-order valence-corrected chi connectivity index (χ0v) is 16.3. The number of anilines is 1. The summed E-state index contributed by atoms with van der Waals surface area (Å²) >= 11 is 3.23. The van der Waals surface area contributed by atoms with Crippen molar-refractivity contribution < 1.29 is 4.79 Å². The van der Waals surface area contributed by atoms with Gasteiger partial charge in [-0.1, -0.05) is 42.1 Å². The highest BCUT2D eigenvalue weighted by atomic mass is 32.2. The van der Waals surface area contributed by atoms with Crippen LogP contribution in [0.25, 0.3) is 10.2 Å². The number of amides is 1. The lowest BCUT2D eigenvalue weighted by molar-refractivity contribution is -0.130. The number of hydrogen-bond donors (Lipinski definition) is 0. The molecule has 0 N–H and O–H groups in total. The molecule has 2 aromatic carbocycles. The van der Waals surface area contributed by atoms with Crippen molar-refractivity contribution in [2.45, 2.75) is 16.5 Å². The van der Waals surface area contributed by atoms with Crippen LogP contribution >= 0.6 is 23.1 Å². The van der Waals surface area contributed by atoms with Gasteiger partial charge in [-0.25, -0.2) is 4.98 Å². The molecule has 1 unspecified atom stereocenters. The van der Waals surface area contributed by atoms with E-state index in [9.17, 15) is 4.79 Å². The first kappa shape index (κ1) is 17.4. The van der Waals surface area contributed by atoms with E-state index in [4.69, 9.17) is 0 Å². The summed E-state index contributed by atoms with van der Waals surface area (Å²) in [4.78, 5) is 21.8. The lowest BCUT2D eigenvalue weighted by Crippen LogP contribution is -2.50. The Balaban J connectivity index is 1.35. The molecule has 6 heteroatoms. The van der Waals surface area contributed by atoms with Gasteiger partial charge in [-0.05, 0) is 31.2 Å². The Morgan fingerprint density at radius 1 is 1.04 bits per heavy atom. The minimum absolute atomic E-state index is 0.112. The van der Waals surface area contributed by atoms with E-state index in [1.807, 2.05) is 36.1 Å². The van der Waals surface area contributed by atoms with Crippen molar-refractivity contribution in [2.75, 3.05) is 31.1 Å². The molecule has 0 aliphatic carbocycles. The first-order valence-corrected chi connectivity index (χ1v) is 10.5. The quantitative estimate of drug-likeness (QED) is 0.635. The van der Waals surface area contributed by atoms with Gasteiger partial charge in [0.05, 0.1) is 15.5 Å². The van der Waals surface area contributed by atoms with E-state index in [0.717, 1.165) is 36.0 Å². The zero-order valence-electron chi connectivity index (χ0n) is 14.7. The molecular weight excluding hydrogens is 362 g/mol. The molecule has 4 nitrogen and oxygen atoms in total. The second-order valence-corrected chi connectivity index (χ2v) is 8.97. The van der Waals surface area contributed by atoms with Gasteiger partial charge < -0.3 is 9.80 Å². The number of aromatic nitrogens is 1. The SMILES string of the molecule is CC(Sc1nc2ccccc2s1)C(=O)N1CCN(c2ccccc2)CC1. The van der Waals surface area contributed by atoms with Crippen molar-refractivity contribution >= 4 is 44.9 Å². The van der Waals surface area contributed by atoms with Crippen LogP contribution in [0.4, 0.5) is 5.69 Å². The monoisotopic (exact) mass is 383 g/mol. The lowest BCUT2D eigenvalue weighted by atomic mass is 10.2. The number of rotatable bonds is 4. The summed E-state index contributed by atoms with van der Waals surface area (Å²) in [7, 11) is 0. The number of piperazine rings is 1. The van der Waals surface area contributed by atoms with Crippen LogP contribution in [0.5, 0.6) is 0 Å². The summed E-state index contributed by atoms with van der Waals surface area (Å²) in [6.45, 7) is 5.31. The Kier molecular flexibility index (Phi) is 5.13. The molecule has 1 aliphatic heterocycles. The molecule has 3 aromatic rings. The molecule has 1 aromatic heterocycles. The molecule has 0 saturated carbocycles. The first-order valence-electron chi connectivity index (χ1n) is 8.82. The molecular formula is C20H21N3OS2. The Labute approximate surface area is 161 Å². The average Bonchev–Trinajstić information content (AvgIpc) is 3.10. The number of nitrogens with zero attached hydrogens (tertiary/aromatic N) is 3. The molecule has 0 radical (unpaired) electrons. The second-order valence-electron chi connectivity index (χ2n) is 6.36. The third-order valence-electron chi connectivity index (χ3n) is 4.61. The van der Waals surface area contributed by atoms with Crippen molar-refractivity contribution in [1.29, 1.82) is 0 Å². The highest BCUT2D eigenvalue weighted by Gasteiger charge is 2.26. The van der Waals surface area contributed by atoms with Crippen LogP contribution < -0.4 is 4.90 Å². The highest BCUT2D eigenvalue weighted by Crippen LogP contribution is 2.32. The highest BCUT2D eigenvalue weighted by molar-refractivity contribution is 8.02. The van der Waals surface area contributed by atoms with E-state index in [-0.39, 0.29) is 11.2 Å². The van der Waals surface area contributed by atoms with Crippen LogP contribution in [0, 0.1) is 0 Å². The first-order chi connectivity index (χ1) is 12.7. The maximum absolute atomic E-state index is 12.8. The average molecular weight is 384 g/mol. The van der Waals surface area contributed by atoms with Gasteiger partial charge in [0.1, 0.15) is 0 Å². The standard InChI is InChI=1S/C20H21N3OS2/c1-15(25-20-21-17-9-5-6-10-18(17)26-20)19(24)23-13-11-22(12-14-23)16-7-3-2-4-8-16/h2-10,15H,11-14H2,1H3. The maximum atomic E-state index is 12.8. The number of fused-ring (bicyclic) bond motifs is 1. The predicted octanol–water partition coefficient (Wildman–Crippen LogP) is 4.13. The number of thiazole rings is 1. The fourth-order valence-corrected chi connectivity index (χ4v) is 5.48. The lowest BCUT2D eigenvalue weighted by Gasteiger charge is -2.37. The Morgan fingerprint density at radius 2 is 1.73 bits per heavy atom. The van der Waals surface area contributed by atoms with Gasteiger partial charge in [0.15, 0.2) is 4.34 Å². The van der Waals surface area contributed by atoms with Crippen LogP contribution in [0.15, 0.2) is 58.9 Å². The predicted molar refractivity (Wildman–Crippen MR) is 110 cm³/mol. The fraction of sp³-hybridized carbons (Fsp3) is 0.300. The molecule has 1 atom stereocenters. The summed E-state index contributed by atoms with van der Waals surface area (Å²) in [5.41, 5.74) is 2.24. The van der Waals surface area contributed by atoms with Crippen LogP contribution in [0.1, 0.15) is 6.92 Å². The Morgan fingerprint density at radius 3 is 2.46 bits per heavy atom. The molecule has 0 bridgehead atoms. The van der Waals surface area contributed by atoms with E-state index in [0.29, 0.717) is 0 Å². The topological polar surface area (TPSA) is 36.4 Å². The van der Waals surface area contributed by atoms with Crippen LogP contribution in [-0.2, 0) is 4.79 Å². The summed E-state index contributed by atoms with van der Waals surface area (Å²) < 4.78 is 2.14. The van der Waals surface area contributed by atoms with Gasteiger partial charge >= 0.3 is 0 Å². The molecule has 2 heterocycles. The normalized spacial score (nSPS) is 16.0. The summed E-state index contributed by atoms with van der Waals surface area (Å²) in [5, 5.41) is -0.112. The summed E-state index contributed by atoms with van der Waals surface area (Å²) in [6, 6.07) is 18.5. The van der Waals surface area contributed by atoms with Crippen LogP contribution in [0.3, 0.4) is 0 Å². The van der Waals surface area contributed by atoms with Crippen molar-refractivity contribution in [3.63, 3.8) is 0 Å². The smallest absolute Gasteiger partial charge is 0.235 e. The number of para-hydroxylation sites is 2. The number of thioether (sulfide) groups is 1. The number of carbonyl (C=O) groups excluding carboxylic acids is 1. The molecule has 1 saturated heterocycles. The van der Waals surface area contributed by atoms with Gasteiger partial charge in [-0.15, -0.1) is 11.3 Å². The summed E-state index contributed by atoms with van der Waals surface area (Å²) in [6.07, 6.45) is 0. The Bertz CT molecular complexity index is 855. The van der Waals surface area contributed by atoms with E-state index in [1.54, 1.807) is 23.1 Å². The third-order valence-corrected chi connectivity index (χ3v) is 6.83. The zero-order chi connectivity index (χ0) is 17.9. The minimum Gasteiger partial charge on any atom is -0.368 e. The Hall–Kier alpha value is -2.05. The second kappa shape index (κ2) is 7.68. The van der Waals surface area contributed by atoms with Gasteiger partial charge in [0, 0.05) is 31.9 Å². The number of hydrogen-bond acceptors (Lipinski definition) is 5. The molecule has 4 rings (SSSR count). The van der Waals surface area contributed by atoms with Crippen LogP contribution in [-0.4, -0.2) is 47.2 Å². The maximum Gasteiger partial charge on any atom is 0.235 e. The molecule has 26 heavy (non-hydrogen) atoms. The largest absolute Gasteiger partial charge is 0.368 e. The van der Waals surface area contributed by atoms with Gasteiger partial charge in [0.25, 0.3) is 0 Å². The molecule has 0 spiro atoms. The van der Waals surface area contributed by atoms with Crippen molar-refractivity contribution in [1.82, 2.24) is 9.88 Å². The summed E-state index contributed by atoms with van der Waals surface area (Å²) in [5.74, 6) is 0.210. The van der Waals surface area contributed by atoms with E-state index >= 15 is 0 Å². The van der Waals surface area contributed by atoms with E-state index in [2.05, 4.69) is 40.2 Å². The number of benzene rings is 2. The molecule has 1 amide bonds. The van der Waals surface area contributed by atoms with Crippen molar-refractivity contribution in [2.24, 2.45) is 0 Å². The minimum atomic E-state index is -0.112. The number of carbonyl (C=O) groups is 1. The molecule has 1 fully saturated rings. The van der Waals surface area contributed by atoms with Crippen molar-refractivity contribution in [3.8, 4) is 0 Å². The molecule has 1 aliphatic rings. The van der Waals surface area contributed by atoms with Gasteiger partial charge in [0.2, 0.25) is 5.91 Å². The fourth-order valence-electron chi connectivity index (χ4n) is 3.18. The van der Waals surface area contributed by atoms with Crippen LogP contribution in [0.2, 0.25) is 0 Å². The van der Waals surface area contributed by atoms with Gasteiger partial charge in [-0.2, -0.15) is 0 Å². The van der Waals surface area contributed by atoms with Gasteiger partial charge in [-0.3, -0.25) is 4.79 Å². The van der Waals surface area contributed by atoms with E-state index < -0.39 is 0 Å². The molecule has 134 valence electrons. The third kappa shape index (κ3) is 3.71. The van der Waals surface area contributed by atoms with E-state index in [1.165, 1.54) is 10.4 Å². The van der Waals surface area contributed by atoms with Crippen molar-refractivity contribution in [3.05, 3.63) is 54.6 Å².